The fraction of sp³-hybridized carbons (Fsp3) is 0.100. The molecule has 0 amide bonds. The Morgan fingerprint density at radius 1 is 0.926 bits per heavy atom. The van der Waals surface area contributed by atoms with Crippen molar-refractivity contribution < 1.29 is 4.42 Å². The molecule has 2 N–H and O–H groups in total. The van der Waals surface area contributed by atoms with E-state index >= 15 is 0 Å². The molecule has 7 nitrogen and oxygen atoms in total. The summed E-state index contributed by atoms with van der Waals surface area (Å²) in [6.07, 6.45) is 6.83. The SMILES string of the molecule is CN(C)c1cc(-c2c(-c3ccncc3)nc(N)nc2-c2ccco2)ccn1. The molecule has 4 aromatic heterocycles. The predicted molar refractivity (Wildman–Crippen MR) is 105 cm³/mol. The Bertz CT molecular complexity index is 1060. The maximum Gasteiger partial charge on any atom is 0.221 e. The molecular weight excluding hydrogens is 340 g/mol. The van der Waals surface area contributed by atoms with Gasteiger partial charge < -0.3 is 15.1 Å². The third-order valence-electron chi connectivity index (χ3n) is 4.13. The Morgan fingerprint density at radius 3 is 2.37 bits per heavy atom. The number of nitrogens with two attached hydrogens (primary N) is 1. The van der Waals surface area contributed by atoms with Crippen LogP contribution in [-0.4, -0.2) is 34.0 Å². The van der Waals surface area contributed by atoms with Crippen LogP contribution in [0, 0.1) is 0 Å². The first kappa shape index (κ1) is 16.7. The zero-order chi connectivity index (χ0) is 18.8. The number of aromatic nitrogens is 4. The van der Waals surface area contributed by atoms with Crippen molar-refractivity contribution >= 4 is 11.8 Å². The van der Waals surface area contributed by atoms with E-state index in [0.717, 1.165) is 22.5 Å². The van der Waals surface area contributed by atoms with Crippen LogP contribution in [0.2, 0.25) is 0 Å². The highest BCUT2D eigenvalue weighted by Gasteiger charge is 2.20. The summed E-state index contributed by atoms with van der Waals surface area (Å²) in [4.78, 5) is 19.4. The van der Waals surface area contributed by atoms with Crippen molar-refractivity contribution in [2.45, 2.75) is 0 Å². The summed E-state index contributed by atoms with van der Waals surface area (Å²) < 4.78 is 5.62. The zero-order valence-corrected chi connectivity index (χ0v) is 15.0. The molecular formula is C20H18N6O. The lowest BCUT2D eigenvalue weighted by molar-refractivity contribution is 0.580. The van der Waals surface area contributed by atoms with Crippen molar-refractivity contribution in [2.24, 2.45) is 0 Å². The summed E-state index contributed by atoms with van der Waals surface area (Å²) in [6, 6.07) is 11.4. The van der Waals surface area contributed by atoms with Gasteiger partial charge in [-0.15, -0.1) is 0 Å². The predicted octanol–water partition coefficient (Wildman–Crippen LogP) is 3.51. The van der Waals surface area contributed by atoms with Gasteiger partial charge in [0.15, 0.2) is 5.76 Å². The van der Waals surface area contributed by atoms with Crippen LogP contribution >= 0.6 is 0 Å². The van der Waals surface area contributed by atoms with Gasteiger partial charge in [0.25, 0.3) is 0 Å². The van der Waals surface area contributed by atoms with E-state index in [0.29, 0.717) is 17.1 Å². The minimum absolute atomic E-state index is 0.179. The minimum atomic E-state index is 0.179. The summed E-state index contributed by atoms with van der Waals surface area (Å²) in [5.41, 5.74) is 10.0. The molecule has 7 heteroatoms. The van der Waals surface area contributed by atoms with Crippen LogP contribution in [-0.2, 0) is 0 Å². The van der Waals surface area contributed by atoms with Crippen molar-refractivity contribution in [3.63, 3.8) is 0 Å². The maximum absolute atomic E-state index is 6.03. The first-order chi connectivity index (χ1) is 13.1. The summed E-state index contributed by atoms with van der Waals surface area (Å²) in [5.74, 6) is 1.63. The van der Waals surface area contributed by atoms with Crippen molar-refractivity contribution in [3.8, 4) is 33.8 Å². The number of pyridine rings is 2. The van der Waals surface area contributed by atoms with E-state index in [4.69, 9.17) is 10.2 Å². The second-order valence-corrected chi connectivity index (χ2v) is 6.16. The molecule has 0 saturated heterocycles. The highest BCUT2D eigenvalue weighted by molar-refractivity contribution is 5.90. The molecule has 0 bridgehead atoms. The number of hydrogen-bond donors (Lipinski definition) is 1. The van der Waals surface area contributed by atoms with Crippen LogP contribution in [0.15, 0.2) is 65.7 Å². The lowest BCUT2D eigenvalue weighted by atomic mass is 9.97. The van der Waals surface area contributed by atoms with Gasteiger partial charge in [-0.3, -0.25) is 4.98 Å². The molecule has 0 saturated carbocycles. The molecule has 4 aromatic rings. The molecule has 0 aromatic carbocycles. The topological polar surface area (TPSA) is 94.0 Å². The van der Waals surface area contributed by atoms with Gasteiger partial charge in [0.1, 0.15) is 11.5 Å². The molecule has 134 valence electrons. The molecule has 27 heavy (non-hydrogen) atoms. The highest BCUT2D eigenvalue weighted by atomic mass is 16.3. The van der Waals surface area contributed by atoms with E-state index < -0.39 is 0 Å². The Hall–Kier alpha value is -3.74. The largest absolute Gasteiger partial charge is 0.463 e. The van der Waals surface area contributed by atoms with Crippen LogP contribution < -0.4 is 10.6 Å². The molecule has 0 spiro atoms. The number of furan rings is 1. The van der Waals surface area contributed by atoms with Gasteiger partial charge in [0.2, 0.25) is 5.95 Å². The van der Waals surface area contributed by atoms with Gasteiger partial charge in [0.05, 0.1) is 12.0 Å². The van der Waals surface area contributed by atoms with Gasteiger partial charge in [-0.25, -0.2) is 15.0 Å². The molecule has 0 radical (unpaired) electrons. The second kappa shape index (κ2) is 6.87. The molecule has 0 atom stereocenters. The minimum Gasteiger partial charge on any atom is -0.463 e. The number of anilines is 2. The summed E-state index contributed by atoms with van der Waals surface area (Å²) in [5, 5.41) is 0. The number of nitrogen functional groups attached to an aromatic ring is 1. The van der Waals surface area contributed by atoms with Gasteiger partial charge in [0, 0.05) is 43.8 Å². The van der Waals surface area contributed by atoms with E-state index in [1.54, 1.807) is 24.9 Å². The zero-order valence-electron chi connectivity index (χ0n) is 15.0. The first-order valence-corrected chi connectivity index (χ1v) is 8.39. The third-order valence-corrected chi connectivity index (χ3v) is 4.13. The molecule has 0 aliphatic heterocycles. The van der Waals surface area contributed by atoms with Crippen molar-refractivity contribution in [3.05, 3.63) is 61.3 Å². The van der Waals surface area contributed by atoms with Crippen LogP contribution in [0.1, 0.15) is 0 Å². The van der Waals surface area contributed by atoms with Crippen LogP contribution in [0.5, 0.6) is 0 Å². The molecule has 0 unspecified atom stereocenters. The molecule has 0 fully saturated rings. The standard InChI is InChI=1S/C20H18N6O/c1-26(2)16-12-14(7-10-23-16)17-18(13-5-8-22-9-6-13)24-20(21)25-19(17)15-4-3-11-27-15/h3-12H,1-2H3,(H2,21,24,25). The smallest absolute Gasteiger partial charge is 0.221 e. The molecule has 4 heterocycles. The Balaban J connectivity index is 2.04. The van der Waals surface area contributed by atoms with Crippen molar-refractivity contribution in [1.29, 1.82) is 0 Å². The quantitative estimate of drug-likeness (QED) is 0.596. The fourth-order valence-electron chi connectivity index (χ4n) is 2.88. The lowest BCUT2D eigenvalue weighted by Crippen LogP contribution is -2.10. The fourth-order valence-corrected chi connectivity index (χ4v) is 2.88. The number of hydrogen-bond acceptors (Lipinski definition) is 7. The Labute approximate surface area is 156 Å². The van der Waals surface area contributed by atoms with Gasteiger partial charge in [-0.05, 0) is 42.0 Å². The van der Waals surface area contributed by atoms with Crippen LogP contribution in [0.4, 0.5) is 11.8 Å². The monoisotopic (exact) mass is 358 g/mol. The van der Waals surface area contributed by atoms with E-state index in [9.17, 15) is 0 Å². The number of nitrogens with zero attached hydrogens (tertiary/aromatic N) is 5. The van der Waals surface area contributed by atoms with E-state index in [1.165, 1.54) is 0 Å². The number of rotatable bonds is 4. The normalized spacial score (nSPS) is 10.7. The van der Waals surface area contributed by atoms with Gasteiger partial charge in [-0.2, -0.15) is 0 Å². The Morgan fingerprint density at radius 2 is 1.67 bits per heavy atom. The van der Waals surface area contributed by atoms with Crippen molar-refractivity contribution in [1.82, 2.24) is 19.9 Å². The summed E-state index contributed by atoms with van der Waals surface area (Å²) in [7, 11) is 3.89. The molecule has 4 rings (SSSR count). The average Bonchev–Trinajstić information content (AvgIpc) is 3.23. The lowest BCUT2D eigenvalue weighted by Gasteiger charge is -2.16. The van der Waals surface area contributed by atoms with Gasteiger partial charge >= 0.3 is 0 Å². The highest BCUT2D eigenvalue weighted by Crippen LogP contribution is 2.39. The second-order valence-electron chi connectivity index (χ2n) is 6.16. The van der Waals surface area contributed by atoms with E-state index in [1.807, 2.05) is 55.4 Å². The average molecular weight is 358 g/mol. The Kier molecular flexibility index (Phi) is 4.25. The maximum atomic E-state index is 6.03. The van der Waals surface area contributed by atoms with Gasteiger partial charge in [-0.1, -0.05) is 0 Å². The summed E-state index contributed by atoms with van der Waals surface area (Å²) >= 11 is 0. The van der Waals surface area contributed by atoms with Crippen LogP contribution in [0.3, 0.4) is 0 Å². The molecule has 0 aliphatic rings. The van der Waals surface area contributed by atoms with Crippen molar-refractivity contribution in [2.75, 3.05) is 24.7 Å². The third kappa shape index (κ3) is 3.22. The van der Waals surface area contributed by atoms with E-state index in [-0.39, 0.29) is 5.95 Å². The van der Waals surface area contributed by atoms with E-state index in [2.05, 4.69) is 19.9 Å². The summed E-state index contributed by atoms with van der Waals surface area (Å²) in [6.45, 7) is 0. The molecule has 0 aliphatic carbocycles. The van der Waals surface area contributed by atoms with Crippen LogP contribution in [0.25, 0.3) is 33.8 Å². The first-order valence-electron chi connectivity index (χ1n) is 8.39.